The van der Waals surface area contributed by atoms with E-state index in [0.717, 1.165) is 0 Å². The second kappa shape index (κ2) is 14.4. The fourth-order valence-electron chi connectivity index (χ4n) is 3.94. The number of aromatic nitrogens is 1. The third-order valence-corrected chi connectivity index (χ3v) is 6.70. The highest BCUT2D eigenvalue weighted by atomic mass is 35.5. The molecule has 0 aliphatic carbocycles. The van der Waals surface area contributed by atoms with Gasteiger partial charge in [0.2, 0.25) is 5.91 Å². The number of carboxylic acid groups (broad SMARTS) is 1. The molecule has 1 aliphatic heterocycles. The van der Waals surface area contributed by atoms with E-state index in [2.05, 4.69) is 36.6 Å². The molecule has 4 rings (SSSR count). The van der Waals surface area contributed by atoms with Crippen molar-refractivity contribution < 1.29 is 28.7 Å². The van der Waals surface area contributed by atoms with Crippen LogP contribution in [-0.2, 0) is 9.59 Å². The maximum Gasteiger partial charge on any atom is 0.328 e. The van der Waals surface area contributed by atoms with Crippen LogP contribution in [0, 0.1) is 0 Å². The smallest absolute Gasteiger partial charge is 0.328 e. The van der Waals surface area contributed by atoms with Crippen LogP contribution in [0.25, 0.3) is 11.1 Å². The topological polar surface area (TPSA) is 174 Å². The fourth-order valence-corrected chi connectivity index (χ4v) is 4.60. The number of hydrogen-bond donors (Lipinski definition) is 6. The lowest BCUT2D eigenvalue weighted by atomic mass is 10.0. The van der Waals surface area contributed by atoms with Gasteiger partial charge in [-0.05, 0) is 42.0 Å². The Bertz CT molecular complexity index is 1530. The van der Waals surface area contributed by atoms with Gasteiger partial charge in [0.15, 0.2) is 5.96 Å². The van der Waals surface area contributed by atoms with Gasteiger partial charge in [-0.3, -0.25) is 19.4 Å². The number of alkyl halides is 1. The number of aliphatic imine (C=N–C) groups is 1. The lowest BCUT2D eigenvalue weighted by molar-refractivity contribution is -0.139. The van der Waals surface area contributed by atoms with E-state index in [4.69, 9.17) is 23.2 Å². The van der Waals surface area contributed by atoms with Crippen LogP contribution >= 0.6 is 23.2 Å². The molecular formula is C28H26Cl2FN7O5. The summed E-state index contributed by atoms with van der Waals surface area (Å²) in [6.07, 6.45) is 2.13. The lowest BCUT2D eigenvalue weighted by Gasteiger charge is -2.19. The summed E-state index contributed by atoms with van der Waals surface area (Å²) in [5.41, 5.74) is 1.95. The summed E-state index contributed by atoms with van der Waals surface area (Å²) in [4.78, 5) is 57.6. The molecule has 43 heavy (non-hydrogen) atoms. The summed E-state index contributed by atoms with van der Waals surface area (Å²) in [7, 11) is 0. The third-order valence-electron chi connectivity index (χ3n) is 6.11. The van der Waals surface area contributed by atoms with Gasteiger partial charge in [0.05, 0.1) is 35.2 Å². The van der Waals surface area contributed by atoms with Gasteiger partial charge < -0.3 is 31.7 Å². The van der Waals surface area contributed by atoms with Gasteiger partial charge in [-0.2, -0.15) is 0 Å². The summed E-state index contributed by atoms with van der Waals surface area (Å²) in [5.74, 6) is -3.16. The fraction of sp³-hybridized carbons (Fsp3) is 0.214. The van der Waals surface area contributed by atoms with Gasteiger partial charge in [-0.15, -0.1) is 0 Å². The number of carbonyl (C=O) groups is 4. The lowest BCUT2D eigenvalue weighted by Crippen LogP contribution is -2.50. The number of nitrogens with zero attached hydrogens (tertiary/aromatic N) is 2. The van der Waals surface area contributed by atoms with Crippen molar-refractivity contribution in [3.8, 4) is 11.1 Å². The Kier molecular flexibility index (Phi) is 10.5. The van der Waals surface area contributed by atoms with Crippen molar-refractivity contribution in [2.24, 2.45) is 4.99 Å². The Morgan fingerprint density at radius 3 is 2.44 bits per heavy atom. The number of benzene rings is 2. The minimum Gasteiger partial charge on any atom is -0.480 e. The Labute approximate surface area is 255 Å². The van der Waals surface area contributed by atoms with E-state index in [1.165, 1.54) is 24.3 Å². The molecule has 2 heterocycles. The van der Waals surface area contributed by atoms with E-state index in [1.54, 1.807) is 36.7 Å². The van der Waals surface area contributed by atoms with Gasteiger partial charge in [0.25, 0.3) is 11.8 Å². The molecule has 0 saturated carbocycles. The van der Waals surface area contributed by atoms with Crippen molar-refractivity contribution in [2.45, 2.75) is 12.2 Å². The summed E-state index contributed by atoms with van der Waals surface area (Å²) in [6, 6.07) is 11.3. The van der Waals surface area contributed by atoms with Crippen molar-refractivity contribution in [2.75, 3.05) is 31.5 Å². The number of guanidine groups is 1. The minimum atomic E-state index is -1.52. The number of carbonyl (C=O) groups excluding carboxylic acids is 3. The molecule has 15 heteroatoms. The average molecular weight is 630 g/mol. The first-order valence-electron chi connectivity index (χ1n) is 12.9. The minimum absolute atomic E-state index is 0.00426. The Hall–Kier alpha value is -4.75. The quantitative estimate of drug-likeness (QED) is 0.198. The van der Waals surface area contributed by atoms with Crippen LogP contribution in [0.15, 0.2) is 65.9 Å². The number of carboxylic acids is 1. The largest absolute Gasteiger partial charge is 0.480 e. The van der Waals surface area contributed by atoms with Crippen molar-refractivity contribution in [3.63, 3.8) is 0 Å². The van der Waals surface area contributed by atoms with Crippen LogP contribution in [0.4, 0.5) is 10.1 Å². The normalized spacial score (nSPS) is 14.9. The first kappa shape index (κ1) is 31.2. The number of pyridine rings is 1. The van der Waals surface area contributed by atoms with Gasteiger partial charge in [0.1, 0.15) is 12.2 Å². The van der Waals surface area contributed by atoms with Crippen molar-refractivity contribution in [1.82, 2.24) is 26.3 Å². The average Bonchev–Trinajstić information content (AvgIpc) is 2.99. The second-order valence-corrected chi connectivity index (χ2v) is 10.1. The van der Waals surface area contributed by atoms with Crippen LogP contribution in [0.1, 0.15) is 20.7 Å². The molecule has 1 aromatic heterocycles. The van der Waals surface area contributed by atoms with Crippen molar-refractivity contribution >= 4 is 58.5 Å². The molecule has 2 atom stereocenters. The van der Waals surface area contributed by atoms with Crippen LogP contribution in [0.2, 0.25) is 10.0 Å². The molecule has 2 aromatic carbocycles. The number of rotatable bonds is 10. The number of amides is 3. The summed E-state index contributed by atoms with van der Waals surface area (Å²) in [6.45, 7) is -0.795. The monoisotopic (exact) mass is 629 g/mol. The molecule has 0 spiro atoms. The van der Waals surface area contributed by atoms with Crippen LogP contribution in [0.3, 0.4) is 0 Å². The molecule has 0 saturated heterocycles. The number of hydrogen-bond acceptors (Lipinski definition) is 8. The van der Waals surface area contributed by atoms with Crippen LogP contribution < -0.4 is 26.6 Å². The highest BCUT2D eigenvalue weighted by Gasteiger charge is 2.25. The van der Waals surface area contributed by atoms with E-state index in [1.807, 2.05) is 0 Å². The Morgan fingerprint density at radius 2 is 1.79 bits per heavy atom. The Morgan fingerprint density at radius 1 is 1.02 bits per heavy atom. The van der Waals surface area contributed by atoms with E-state index in [0.29, 0.717) is 22.8 Å². The molecule has 0 radical (unpaired) electrons. The maximum atomic E-state index is 13.2. The first-order valence-corrected chi connectivity index (χ1v) is 13.6. The molecule has 224 valence electrons. The zero-order valence-corrected chi connectivity index (χ0v) is 23.9. The molecule has 3 amide bonds. The van der Waals surface area contributed by atoms with E-state index in [9.17, 15) is 28.7 Å². The zero-order chi connectivity index (χ0) is 30.9. The standard InChI is InChI=1S/C28H26Cl2FN7O5/c29-20-8-17(16-4-2-6-32-10-16)9-21(30)24(20)26(41)38-22(27(42)43)13-33-23(39)14-34-25(40)15-3-1-5-19(7-15)37-28-35-11-18(31)12-36-28/h1-10,18,22H,11-14H2,(H,33,39)(H,34,40)(H,38,41)(H,42,43)(H2,35,36,37)/t22-/m1/s1. The van der Waals surface area contributed by atoms with Crippen molar-refractivity contribution in [3.05, 3.63) is 82.1 Å². The second-order valence-electron chi connectivity index (χ2n) is 9.28. The molecule has 1 aliphatic rings. The van der Waals surface area contributed by atoms with Crippen LogP contribution in [-0.4, -0.2) is 78.1 Å². The summed E-state index contributed by atoms with van der Waals surface area (Å²) in [5, 5.41) is 22.4. The molecule has 1 unspecified atom stereocenters. The molecule has 0 bridgehead atoms. The molecule has 0 fully saturated rings. The molecule has 6 N–H and O–H groups in total. The molecular weight excluding hydrogens is 604 g/mol. The SMILES string of the molecule is O=C(CNC(=O)c1cccc(NC2=NCC(F)CN2)c1)NC[C@@H](NC(=O)c1c(Cl)cc(-c2cccnc2)cc1Cl)C(=O)O. The zero-order valence-electron chi connectivity index (χ0n) is 22.4. The predicted molar refractivity (Wildman–Crippen MR) is 159 cm³/mol. The first-order chi connectivity index (χ1) is 20.6. The third kappa shape index (κ3) is 8.63. The Balaban J connectivity index is 1.29. The van der Waals surface area contributed by atoms with Gasteiger partial charge in [-0.1, -0.05) is 35.3 Å². The summed E-state index contributed by atoms with van der Waals surface area (Å²) < 4.78 is 13.2. The van der Waals surface area contributed by atoms with Crippen molar-refractivity contribution in [1.29, 1.82) is 0 Å². The van der Waals surface area contributed by atoms with Crippen LogP contribution in [0.5, 0.6) is 0 Å². The predicted octanol–water partition coefficient (Wildman–Crippen LogP) is 2.49. The number of nitrogens with one attached hydrogen (secondary N) is 5. The highest BCUT2D eigenvalue weighted by molar-refractivity contribution is 6.40. The van der Waals surface area contributed by atoms with E-state index in [-0.39, 0.29) is 34.3 Å². The highest BCUT2D eigenvalue weighted by Crippen LogP contribution is 2.31. The number of aliphatic carboxylic acids is 1. The van der Waals surface area contributed by atoms with Gasteiger partial charge >= 0.3 is 5.97 Å². The molecule has 12 nitrogen and oxygen atoms in total. The van der Waals surface area contributed by atoms with E-state index < -0.39 is 49.0 Å². The maximum absolute atomic E-state index is 13.2. The number of anilines is 1. The number of halogens is 3. The summed E-state index contributed by atoms with van der Waals surface area (Å²) >= 11 is 12.6. The van der Waals surface area contributed by atoms with Gasteiger partial charge in [-0.25, -0.2) is 14.2 Å². The molecule has 3 aromatic rings. The van der Waals surface area contributed by atoms with E-state index >= 15 is 0 Å². The van der Waals surface area contributed by atoms with Gasteiger partial charge in [0, 0.05) is 35.8 Å².